The predicted octanol–water partition coefficient (Wildman–Crippen LogP) is 4.31. The molecule has 0 unspecified atom stereocenters. The summed E-state index contributed by atoms with van der Waals surface area (Å²) in [7, 11) is 1.19. The molecule has 128 valence electrons. The van der Waals surface area contributed by atoms with Crippen LogP contribution < -0.4 is 0 Å². The zero-order valence-corrected chi connectivity index (χ0v) is 16.7. The lowest BCUT2D eigenvalue weighted by molar-refractivity contribution is 0.114. The van der Waals surface area contributed by atoms with Gasteiger partial charge in [0.05, 0.1) is 12.0 Å². The third-order valence-corrected chi connectivity index (χ3v) is 7.05. The van der Waals surface area contributed by atoms with Gasteiger partial charge in [0.1, 0.15) is 0 Å². The molecule has 1 aliphatic rings. The first-order valence-electron chi connectivity index (χ1n) is 8.80. The van der Waals surface area contributed by atoms with E-state index in [2.05, 4.69) is 69.3 Å². The van der Waals surface area contributed by atoms with Crippen LogP contribution in [0.2, 0.25) is 5.04 Å². The highest BCUT2D eigenvalue weighted by molar-refractivity contribution is 6.31. The Hall–Kier alpha value is -1.42. The summed E-state index contributed by atoms with van der Waals surface area (Å²) in [5.41, 5.74) is 5.15. The molecule has 3 heteroatoms. The summed E-state index contributed by atoms with van der Waals surface area (Å²) < 4.78 is 12.1. The number of hydrogen-bond acceptors (Lipinski definition) is 2. The summed E-state index contributed by atoms with van der Waals surface area (Å²) in [6.07, 6.45) is 1.17. The molecule has 0 spiro atoms. The standard InChI is InChI=1S/C21H28O2Si/c1-5-20(2,3)24-23-15-21(14-22-4)18-12-8-6-10-16(18)17-11-7-9-13-19(17)21/h6-13H,5,14-15,24H2,1-4H3. The average molecular weight is 341 g/mol. The quantitative estimate of drug-likeness (QED) is 0.699. The molecule has 0 radical (unpaired) electrons. The summed E-state index contributed by atoms with van der Waals surface area (Å²) in [5.74, 6) is 0. The lowest BCUT2D eigenvalue weighted by atomic mass is 9.80. The van der Waals surface area contributed by atoms with Crippen LogP contribution in [-0.2, 0) is 14.6 Å². The Kier molecular flexibility index (Phi) is 4.95. The van der Waals surface area contributed by atoms with E-state index in [1.54, 1.807) is 7.11 Å². The van der Waals surface area contributed by atoms with Crippen LogP contribution in [0.4, 0.5) is 0 Å². The van der Waals surface area contributed by atoms with Gasteiger partial charge in [0.25, 0.3) is 0 Å². The smallest absolute Gasteiger partial charge is 0.167 e. The lowest BCUT2D eigenvalue weighted by Gasteiger charge is -2.33. The summed E-state index contributed by atoms with van der Waals surface area (Å²) in [6, 6.07) is 17.4. The Morgan fingerprint density at radius 1 is 0.917 bits per heavy atom. The molecule has 0 aromatic heterocycles. The Balaban J connectivity index is 2.00. The number of methoxy groups -OCH3 is 1. The summed E-state index contributed by atoms with van der Waals surface area (Å²) in [4.78, 5) is 0. The van der Waals surface area contributed by atoms with Crippen LogP contribution in [0.25, 0.3) is 11.1 Å². The average Bonchev–Trinajstić information content (AvgIpc) is 2.87. The van der Waals surface area contributed by atoms with Crippen molar-refractivity contribution in [3.63, 3.8) is 0 Å². The van der Waals surface area contributed by atoms with Crippen molar-refractivity contribution in [3.8, 4) is 11.1 Å². The van der Waals surface area contributed by atoms with Gasteiger partial charge in [-0.1, -0.05) is 75.7 Å². The highest BCUT2D eigenvalue weighted by Gasteiger charge is 2.43. The van der Waals surface area contributed by atoms with Crippen LogP contribution in [0.5, 0.6) is 0 Å². The van der Waals surface area contributed by atoms with Gasteiger partial charge in [-0.05, 0) is 27.3 Å². The minimum Gasteiger partial charge on any atom is -0.422 e. The van der Waals surface area contributed by atoms with Crippen molar-refractivity contribution in [2.24, 2.45) is 0 Å². The van der Waals surface area contributed by atoms with E-state index >= 15 is 0 Å². The predicted molar refractivity (Wildman–Crippen MR) is 103 cm³/mol. The van der Waals surface area contributed by atoms with Gasteiger partial charge in [-0.2, -0.15) is 0 Å². The van der Waals surface area contributed by atoms with Gasteiger partial charge in [0, 0.05) is 13.7 Å². The molecular formula is C21H28O2Si. The van der Waals surface area contributed by atoms with E-state index in [4.69, 9.17) is 9.16 Å². The van der Waals surface area contributed by atoms with E-state index in [-0.39, 0.29) is 5.41 Å². The lowest BCUT2D eigenvalue weighted by Crippen LogP contribution is -2.37. The van der Waals surface area contributed by atoms with E-state index in [0.717, 1.165) is 0 Å². The molecule has 2 aromatic rings. The fraction of sp³-hybridized carbons (Fsp3) is 0.429. The maximum atomic E-state index is 6.40. The zero-order chi connectivity index (χ0) is 17.2. The molecule has 0 aliphatic heterocycles. The monoisotopic (exact) mass is 340 g/mol. The van der Waals surface area contributed by atoms with Crippen LogP contribution in [-0.4, -0.2) is 30.1 Å². The molecule has 0 amide bonds. The zero-order valence-electron chi connectivity index (χ0n) is 15.3. The van der Waals surface area contributed by atoms with Crippen molar-refractivity contribution in [1.29, 1.82) is 0 Å². The Bertz CT molecular complexity index is 663. The van der Waals surface area contributed by atoms with Gasteiger partial charge in [-0.25, -0.2) is 0 Å². The normalized spacial score (nSPS) is 15.7. The number of hydrogen-bond donors (Lipinski definition) is 0. The Morgan fingerprint density at radius 3 is 1.96 bits per heavy atom. The van der Waals surface area contributed by atoms with Crippen LogP contribution in [0.15, 0.2) is 48.5 Å². The fourth-order valence-electron chi connectivity index (χ4n) is 3.62. The summed E-state index contributed by atoms with van der Waals surface area (Å²) in [6.45, 7) is 8.26. The van der Waals surface area contributed by atoms with Gasteiger partial charge < -0.3 is 9.16 Å². The maximum absolute atomic E-state index is 6.40. The SMILES string of the molecule is CCC(C)(C)[SiH2]OCC1(COC)c2ccccc2-c2ccccc21. The summed E-state index contributed by atoms with van der Waals surface area (Å²) in [5, 5.41) is 0.339. The van der Waals surface area contributed by atoms with Crippen molar-refractivity contribution in [1.82, 2.24) is 0 Å². The number of rotatable bonds is 7. The molecule has 24 heavy (non-hydrogen) atoms. The molecule has 1 aliphatic carbocycles. The minimum absolute atomic E-state index is 0.182. The van der Waals surface area contributed by atoms with Crippen LogP contribution in [0, 0.1) is 0 Å². The van der Waals surface area contributed by atoms with Crippen molar-refractivity contribution in [2.45, 2.75) is 37.6 Å². The van der Waals surface area contributed by atoms with E-state index < -0.39 is 9.76 Å². The largest absolute Gasteiger partial charge is 0.422 e. The fourth-order valence-corrected chi connectivity index (χ4v) is 4.83. The van der Waals surface area contributed by atoms with Crippen molar-refractivity contribution in [3.05, 3.63) is 59.7 Å². The van der Waals surface area contributed by atoms with E-state index in [9.17, 15) is 0 Å². The molecule has 2 nitrogen and oxygen atoms in total. The minimum atomic E-state index is -0.604. The van der Waals surface area contributed by atoms with Crippen LogP contribution in [0.3, 0.4) is 0 Å². The first kappa shape index (κ1) is 17.4. The third kappa shape index (κ3) is 2.96. The van der Waals surface area contributed by atoms with Crippen LogP contribution in [0.1, 0.15) is 38.3 Å². The van der Waals surface area contributed by atoms with E-state index in [0.29, 0.717) is 18.3 Å². The second-order valence-electron chi connectivity index (χ2n) is 7.62. The van der Waals surface area contributed by atoms with Gasteiger partial charge in [0.2, 0.25) is 0 Å². The van der Waals surface area contributed by atoms with E-state index in [1.165, 1.54) is 28.7 Å². The van der Waals surface area contributed by atoms with Crippen LogP contribution >= 0.6 is 0 Å². The molecule has 0 heterocycles. The third-order valence-electron chi connectivity index (χ3n) is 5.36. The second-order valence-corrected chi connectivity index (χ2v) is 10.2. The second kappa shape index (κ2) is 6.83. The van der Waals surface area contributed by atoms with Gasteiger partial charge >= 0.3 is 0 Å². The van der Waals surface area contributed by atoms with Crippen molar-refractivity contribution < 1.29 is 9.16 Å². The molecule has 0 atom stereocenters. The summed E-state index contributed by atoms with van der Waals surface area (Å²) >= 11 is 0. The Morgan fingerprint density at radius 2 is 1.46 bits per heavy atom. The molecule has 2 aromatic carbocycles. The van der Waals surface area contributed by atoms with Gasteiger partial charge in [-0.15, -0.1) is 0 Å². The molecular weight excluding hydrogens is 312 g/mol. The maximum Gasteiger partial charge on any atom is 0.167 e. The first-order chi connectivity index (χ1) is 11.5. The molecule has 3 rings (SSSR count). The molecule has 0 saturated heterocycles. The highest BCUT2D eigenvalue weighted by atomic mass is 28.2. The van der Waals surface area contributed by atoms with Gasteiger partial charge in [0.15, 0.2) is 9.76 Å². The molecule has 0 bridgehead atoms. The molecule has 0 N–H and O–H groups in total. The molecule has 0 saturated carbocycles. The van der Waals surface area contributed by atoms with E-state index in [1.807, 2.05) is 0 Å². The van der Waals surface area contributed by atoms with Gasteiger partial charge in [-0.3, -0.25) is 0 Å². The Labute approximate surface area is 148 Å². The number of benzene rings is 2. The topological polar surface area (TPSA) is 18.5 Å². The number of ether oxygens (including phenoxy) is 1. The number of fused-ring (bicyclic) bond motifs is 3. The first-order valence-corrected chi connectivity index (χ1v) is 10.1. The van der Waals surface area contributed by atoms with Crippen molar-refractivity contribution >= 4 is 9.76 Å². The highest BCUT2D eigenvalue weighted by Crippen LogP contribution is 2.49. The van der Waals surface area contributed by atoms with Crippen molar-refractivity contribution in [2.75, 3.05) is 20.3 Å². The molecule has 0 fully saturated rings.